The van der Waals surface area contributed by atoms with Crippen molar-refractivity contribution >= 4 is 43.5 Å². The first-order valence-electron chi connectivity index (χ1n) is 17.0. The van der Waals surface area contributed by atoms with Crippen LogP contribution < -0.4 is 0 Å². The standard InChI is InChI=1S/C44H28O12/c45-32-28(29-34(47)39(52)41(54)40(53)35(29)48)36(49)42(55)44-30(32)31-37(50)33(46)27(38(51)43(31)56-44)26-23-12-6-4-10-21(23)25(22-11-5-7-13-24(22)26)20-16-14-19(15-17-20)18-8-2-1-3-9-18/h1-17,45-55H. The third-order valence-electron chi connectivity index (χ3n) is 10.3. The van der Waals surface area contributed by atoms with Gasteiger partial charge in [-0.1, -0.05) is 103 Å². The first-order chi connectivity index (χ1) is 26.9. The fraction of sp³-hybridized carbons (Fsp3) is 0. The molecule has 0 bridgehead atoms. The van der Waals surface area contributed by atoms with Crippen LogP contribution in [0, 0.1) is 0 Å². The van der Waals surface area contributed by atoms with E-state index < -0.39 is 96.3 Å². The molecule has 0 aliphatic rings. The van der Waals surface area contributed by atoms with E-state index in [-0.39, 0.29) is 5.56 Å². The number of phenols is 11. The molecule has 56 heavy (non-hydrogen) atoms. The van der Waals surface area contributed by atoms with Crippen molar-refractivity contribution in [2.75, 3.05) is 0 Å². The second-order valence-electron chi connectivity index (χ2n) is 13.3. The van der Waals surface area contributed by atoms with Gasteiger partial charge in [-0.25, -0.2) is 0 Å². The number of phenolic OH excluding ortho intramolecular Hbond substituents is 11. The van der Waals surface area contributed by atoms with Crippen molar-refractivity contribution < 1.29 is 60.6 Å². The van der Waals surface area contributed by atoms with E-state index >= 15 is 0 Å². The van der Waals surface area contributed by atoms with Gasteiger partial charge < -0.3 is 60.6 Å². The molecule has 8 aromatic carbocycles. The zero-order valence-electron chi connectivity index (χ0n) is 28.6. The molecular formula is C44H28O12. The van der Waals surface area contributed by atoms with E-state index in [2.05, 4.69) is 0 Å². The van der Waals surface area contributed by atoms with Crippen LogP contribution in [0.1, 0.15) is 0 Å². The van der Waals surface area contributed by atoms with Crippen LogP contribution in [-0.4, -0.2) is 56.2 Å². The number of fused-ring (bicyclic) bond motifs is 5. The minimum absolute atomic E-state index is 0.264. The van der Waals surface area contributed by atoms with Crippen molar-refractivity contribution in [3.8, 4) is 108 Å². The molecule has 0 spiro atoms. The fourth-order valence-corrected chi connectivity index (χ4v) is 7.71. The Morgan fingerprint density at radius 1 is 0.250 bits per heavy atom. The molecule has 276 valence electrons. The molecule has 9 aromatic rings. The molecule has 0 aliphatic carbocycles. The first-order valence-corrected chi connectivity index (χ1v) is 17.0. The molecular weight excluding hydrogens is 720 g/mol. The number of hydrogen-bond acceptors (Lipinski definition) is 12. The Morgan fingerprint density at radius 3 is 1.16 bits per heavy atom. The SMILES string of the molecule is Oc1c(O)c(O)c(-c2c(O)c(O)c3oc4c(O)c(-c5c6ccccc6c(-c6ccc(-c7ccccc7)cc6)c6ccccc56)c(O)c(O)c4c3c2O)c(O)c1O. The second-order valence-corrected chi connectivity index (χ2v) is 13.3. The van der Waals surface area contributed by atoms with Gasteiger partial charge in [-0.3, -0.25) is 0 Å². The van der Waals surface area contributed by atoms with E-state index in [0.717, 1.165) is 33.0 Å². The normalized spacial score (nSPS) is 11.6. The Hall–Kier alpha value is -8.12. The van der Waals surface area contributed by atoms with Gasteiger partial charge in [0, 0.05) is 5.56 Å². The maximum Gasteiger partial charge on any atom is 0.208 e. The van der Waals surface area contributed by atoms with Crippen molar-refractivity contribution in [2.24, 2.45) is 0 Å². The van der Waals surface area contributed by atoms with Gasteiger partial charge in [-0.05, 0) is 43.8 Å². The molecule has 0 amide bonds. The zero-order chi connectivity index (χ0) is 39.3. The van der Waals surface area contributed by atoms with Gasteiger partial charge >= 0.3 is 0 Å². The lowest BCUT2D eigenvalue weighted by Gasteiger charge is -2.19. The predicted molar refractivity (Wildman–Crippen MR) is 209 cm³/mol. The van der Waals surface area contributed by atoms with Gasteiger partial charge in [0.25, 0.3) is 0 Å². The van der Waals surface area contributed by atoms with Crippen molar-refractivity contribution in [1.82, 2.24) is 0 Å². The van der Waals surface area contributed by atoms with Crippen molar-refractivity contribution in [1.29, 1.82) is 0 Å². The molecule has 0 radical (unpaired) electrons. The lowest BCUT2D eigenvalue weighted by molar-refractivity contribution is 0.329. The highest BCUT2D eigenvalue weighted by molar-refractivity contribution is 6.26. The maximum atomic E-state index is 12.0. The molecule has 0 unspecified atom stereocenters. The molecule has 0 saturated heterocycles. The molecule has 9 rings (SSSR count). The lowest BCUT2D eigenvalue weighted by atomic mass is 9.84. The second kappa shape index (κ2) is 11.9. The Labute approximate surface area is 314 Å². The van der Waals surface area contributed by atoms with Gasteiger partial charge in [-0.2, -0.15) is 0 Å². The average molecular weight is 749 g/mol. The molecule has 11 N–H and O–H groups in total. The van der Waals surface area contributed by atoms with Gasteiger partial charge in [-0.15, -0.1) is 0 Å². The van der Waals surface area contributed by atoms with Gasteiger partial charge in [0.05, 0.1) is 27.5 Å². The van der Waals surface area contributed by atoms with E-state index in [0.29, 0.717) is 16.3 Å². The lowest BCUT2D eigenvalue weighted by Crippen LogP contribution is -1.92. The summed E-state index contributed by atoms with van der Waals surface area (Å²) < 4.78 is 5.80. The van der Waals surface area contributed by atoms with Crippen molar-refractivity contribution in [3.63, 3.8) is 0 Å². The minimum atomic E-state index is -1.34. The Balaban J connectivity index is 1.34. The molecule has 1 heterocycles. The monoisotopic (exact) mass is 748 g/mol. The summed E-state index contributed by atoms with van der Waals surface area (Å²) in [5.74, 6) is -12.6. The number of benzene rings is 8. The van der Waals surface area contributed by atoms with Crippen LogP contribution in [0.3, 0.4) is 0 Å². The molecule has 12 heteroatoms. The summed E-state index contributed by atoms with van der Waals surface area (Å²) in [6, 6.07) is 32.6. The predicted octanol–water partition coefficient (Wildman–Crippen LogP) is 9.32. The van der Waals surface area contributed by atoms with Crippen LogP contribution in [0.4, 0.5) is 0 Å². The van der Waals surface area contributed by atoms with Gasteiger partial charge in [0.15, 0.2) is 45.7 Å². The van der Waals surface area contributed by atoms with Crippen LogP contribution in [0.25, 0.3) is 88.0 Å². The summed E-state index contributed by atoms with van der Waals surface area (Å²) in [6.45, 7) is 0. The summed E-state index contributed by atoms with van der Waals surface area (Å²) >= 11 is 0. The van der Waals surface area contributed by atoms with Gasteiger partial charge in [0.1, 0.15) is 5.75 Å². The van der Waals surface area contributed by atoms with Crippen LogP contribution >= 0.6 is 0 Å². The third kappa shape index (κ3) is 4.46. The van der Waals surface area contributed by atoms with E-state index in [9.17, 15) is 56.2 Å². The van der Waals surface area contributed by atoms with Crippen molar-refractivity contribution in [3.05, 3.63) is 103 Å². The topological polar surface area (TPSA) is 236 Å². The number of aromatic hydroxyl groups is 11. The summed E-state index contributed by atoms with van der Waals surface area (Å²) in [5, 5.41) is 122. The number of hydrogen-bond donors (Lipinski definition) is 11. The Morgan fingerprint density at radius 2 is 0.607 bits per heavy atom. The Bertz CT molecular complexity index is 3040. The Kier molecular flexibility index (Phi) is 7.19. The smallest absolute Gasteiger partial charge is 0.208 e. The minimum Gasteiger partial charge on any atom is -0.506 e. The van der Waals surface area contributed by atoms with Crippen LogP contribution in [-0.2, 0) is 0 Å². The van der Waals surface area contributed by atoms with Crippen molar-refractivity contribution in [2.45, 2.75) is 0 Å². The van der Waals surface area contributed by atoms with Crippen LogP contribution in [0.2, 0.25) is 0 Å². The third-order valence-corrected chi connectivity index (χ3v) is 10.3. The van der Waals surface area contributed by atoms with E-state index in [4.69, 9.17) is 4.42 Å². The highest BCUT2D eigenvalue weighted by Crippen LogP contribution is 2.63. The van der Waals surface area contributed by atoms with Crippen LogP contribution in [0.15, 0.2) is 108 Å². The maximum absolute atomic E-state index is 12.0. The number of rotatable bonds is 4. The molecule has 0 fully saturated rings. The number of furan rings is 1. The fourth-order valence-electron chi connectivity index (χ4n) is 7.71. The van der Waals surface area contributed by atoms with E-state index in [1.165, 1.54) is 0 Å². The average Bonchev–Trinajstić information content (AvgIpc) is 3.64. The quantitative estimate of drug-likeness (QED) is 0.0459. The summed E-state index contributed by atoms with van der Waals surface area (Å²) in [6.07, 6.45) is 0. The van der Waals surface area contributed by atoms with E-state index in [1.54, 1.807) is 24.3 Å². The molecule has 0 atom stereocenters. The summed E-state index contributed by atoms with van der Waals surface area (Å²) in [4.78, 5) is 0. The molecule has 1 aromatic heterocycles. The summed E-state index contributed by atoms with van der Waals surface area (Å²) in [5.41, 5.74) is 0.609. The first kappa shape index (κ1) is 33.7. The zero-order valence-corrected chi connectivity index (χ0v) is 28.6. The molecule has 0 aliphatic heterocycles. The highest BCUT2D eigenvalue weighted by atomic mass is 16.4. The highest BCUT2D eigenvalue weighted by Gasteiger charge is 2.35. The van der Waals surface area contributed by atoms with Crippen LogP contribution in [0.5, 0.6) is 63.2 Å². The van der Waals surface area contributed by atoms with Gasteiger partial charge in [0.2, 0.25) is 23.0 Å². The van der Waals surface area contributed by atoms with E-state index in [1.807, 2.05) is 78.9 Å². The largest absolute Gasteiger partial charge is 0.506 e. The summed E-state index contributed by atoms with van der Waals surface area (Å²) in [7, 11) is 0. The molecule has 12 nitrogen and oxygen atoms in total. The molecule has 0 saturated carbocycles.